The van der Waals surface area contributed by atoms with Crippen molar-refractivity contribution in [3.05, 3.63) is 22.4 Å². The number of alkyl halides is 1. The molecule has 0 saturated heterocycles. The zero-order valence-corrected chi connectivity index (χ0v) is 11.6. The summed E-state index contributed by atoms with van der Waals surface area (Å²) in [7, 11) is 0. The van der Waals surface area contributed by atoms with Crippen molar-refractivity contribution in [2.75, 3.05) is 6.54 Å². The lowest BCUT2D eigenvalue weighted by atomic mass is 9.91. The van der Waals surface area contributed by atoms with Gasteiger partial charge in [-0.3, -0.25) is 4.79 Å². The molecule has 0 aliphatic rings. The van der Waals surface area contributed by atoms with Crippen LogP contribution < -0.4 is 5.32 Å². The van der Waals surface area contributed by atoms with Gasteiger partial charge < -0.3 is 5.32 Å². The Morgan fingerprint density at radius 1 is 1.67 bits per heavy atom. The van der Waals surface area contributed by atoms with Crippen molar-refractivity contribution in [3.63, 3.8) is 0 Å². The zero-order chi connectivity index (χ0) is 11.5. The summed E-state index contributed by atoms with van der Waals surface area (Å²) in [4.78, 5) is 12.6. The second-order valence-electron chi connectivity index (χ2n) is 4.19. The molecule has 4 heteroatoms. The van der Waals surface area contributed by atoms with E-state index in [1.165, 1.54) is 4.88 Å². The molecule has 1 aromatic heterocycles. The molecular formula is C11H16BrNOS. The second kappa shape index (κ2) is 5.12. The topological polar surface area (TPSA) is 29.1 Å². The number of amides is 1. The van der Waals surface area contributed by atoms with Crippen LogP contribution in [-0.4, -0.2) is 17.3 Å². The minimum Gasteiger partial charge on any atom is -0.354 e. The fraction of sp³-hybridized carbons (Fsp3) is 0.545. The van der Waals surface area contributed by atoms with Gasteiger partial charge in [0.15, 0.2) is 0 Å². The van der Waals surface area contributed by atoms with Gasteiger partial charge in [-0.15, -0.1) is 11.3 Å². The molecule has 1 atom stereocenters. The van der Waals surface area contributed by atoms with E-state index < -0.39 is 0 Å². The summed E-state index contributed by atoms with van der Waals surface area (Å²) >= 11 is 4.97. The Balaban J connectivity index is 2.54. The third-order valence-corrected chi connectivity index (χ3v) is 3.91. The molecule has 0 spiro atoms. The largest absolute Gasteiger partial charge is 0.354 e. The highest BCUT2D eigenvalue weighted by Crippen LogP contribution is 2.26. The summed E-state index contributed by atoms with van der Waals surface area (Å²) in [6.45, 7) is 6.77. The van der Waals surface area contributed by atoms with Crippen molar-refractivity contribution < 1.29 is 4.79 Å². The molecule has 0 bridgehead atoms. The molecule has 84 valence electrons. The maximum absolute atomic E-state index is 11.4. The molecule has 1 heterocycles. The molecule has 1 rings (SSSR count). The number of thiophene rings is 1. The van der Waals surface area contributed by atoms with Crippen LogP contribution in [0.2, 0.25) is 0 Å². The third kappa shape index (κ3) is 3.61. The van der Waals surface area contributed by atoms with E-state index >= 15 is 0 Å². The number of nitrogens with one attached hydrogen (secondary N) is 1. The Hall–Kier alpha value is -0.350. The van der Waals surface area contributed by atoms with Crippen LogP contribution >= 0.6 is 27.3 Å². The van der Waals surface area contributed by atoms with E-state index in [2.05, 4.69) is 46.5 Å². The van der Waals surface area contributed by atoms with Gasteiger partial charge in [-0.2, -0.15) is 0 Å². The fourth-order valence-corrected chi connectivity index (χ4v) is 2.21. The highest BCUT2D eigenvalue weighted by atomic mass is 79.9. The van der Waals surface area contributed by atoms with Crippen LogP contribution in [0.4, 0.5) is 0 Å². The maximum Gasteiger partial charge on any atom is 0.233 e. The molecule has 0 saturated carbocycles. The van der Waals surface area contributed by atoms with Gasteiger partial charge in [-0.05, 0) is 18.4 Å². The van der Waals surface area contributed by atoms with Crippen molar-refractivity contribution in [1.29, 1.82) is 0 Å². The first-order valence-corrected chi connectivity index (χ1v) is 6.69. The summed E-state index contributed by atoms with van der Waals surface area (Å²) in [5, 5.41) is 4.99. The maximum atomic E-state index is 11.4. The van der Waals surface area contributed by atoms with Crippen LogP contribution in [0.15, 0.2) is 17.5 Å². The predicted octanol–water partition coefficient (Wildman–Crippen LogP) is 2.93. The number of rotatable bonds is 4. The van der Waals surface area contributed by atoms with Crippen LogP contribution in [0.1, 0.15) is 25.6 Å². The molecule has 0 aliphatic heterocycles. The quantitative estimate of drug-likeness (QED) is 0.849. The fourth-order valence-electron chi connectivity index (χ4n) is 1.20. The van der Waals surface area contributed by atoms with E-state index in [0.717, 1.165) is 0 Å². The third-order valence-electron chi connectivity index (χ3n) is 2.25. The van der Waals surface area contributed by atoms with Gasteiger partial charge in [0.1, 0.15) is 0 Å². The summed E-state index contributed by atoms with van der Waals surface area (Å²) in [5.41, 5.74) is 0.00567. The number of hydrogen-bond acceptors (Lipinski definition) is 2. The Bertz CT molecular complexity index is 319. The summed E-state index contributed by atoms with van der Waals surface area (Å²) < 4.78 is 0. The van der Waals surface area contributed by atoms with Crippen LogP contribution in [0, 0.1) is 0 Å². The lowest BCUT2D eigenvalue weighted by Gasteiger charge is -2.24. The minimum absolute atomic E-state index is 0.00567. The highest BCUT2D eigenvalue weighted by molar-refractivity contribution is 9.10. The Morgan fingerprint density at radius 3 is 2.80 bits per heavy atom. The highest BCUT2D eigenvalue weighted by Gasteiger charge is 2.23. The average molecular weight is 290 g/mol. The first-order chi connectivity index (χ1) is 6.93. The lowest BCUT2D eigenvalue weighted by Crippen LogP contribution is -2.38. The summed E-state index contributed by atoms with van der Waals surface area (Å²) in [5.74, 6) is 0.0413. The summed E-state index contributed by atoms with van der Waals surface area (Å²) in [6, 6.07) is 4.14. The molecule has 0 fully saturated rings. The van der Waals surface area contributed by atoms with Gasteiger partial charge in [0.05, 0.1) is 4.83 Å². The molecule has 1 amide bonds. The Labute approximate surface area is 103 Å². The SMILES string of the molecule is CC(Br)C(=O)NCC(C)(C)c1cccs1. The first kappa shape index (κ1) is 12.7. The van der Waals surface area contributed by atoms with Gasteiger partial charge in [0, 0.05) is 16.8 Å². The number of hydrogen-bond donors (Lipinski definition) is 1. The van der Waals surface area contributed by atoms with Crippen molar-refractivity contribution >= 4 is 33.2 Å². The number of carbonyl (C=O) groups is 1. The minimum atomic E-state index is -0.128. The first-order valence-electron chi connectivity index (χ1n) is 4.89. The number of carbonyl (C=O) groups excluding carboxylic acids is 1. The zero-order valence-electron chi connectivity index (χ0n) is 9.21. The molecule has 1 N–H and O–H groups in total. The smallest absolute Gasteiger partial charge is 0.233 e. The van der Waals surface area contributed by atoms with E-state index in [9.17, 15) is 4.79 Å². The molecule has 2 nitrogen and oxygen atoms in total. The van der Waals surface area contributed by atoms with E-state index in [0.29, 0.717) is 6.54 Å². The monoisotopic (exact) mass is 289 g/mol. The van der Waals surface area contributed by atoms with Crippen molar-refractivity contribution in [2.45, 2.75) is 31.0 Å². The van der Waals surface area contributed by atoms with Gasteiger partial charge in [0.25, 0.3) is 0 Å². The molecule has 1 aromatic rings. The molecule has 0 aromatic carbocycles. The molecule has 0 aliphatic carbocycles. The molecule has 1 unspecified atom stereocenters. The van der Waals surface area contributed by atoms with Crippen LogP contribution in [0.3, 0.4) is 0 Å². The van der Waals surface area contributed by atoms with Gasteiger partial charge >= 0.3 is 0 Å². The van der Waals surface area contributed by atoms with Crippen molar-refractivity contribution in [2.24, 2.45) is 0 Å². The average Bonchev–Trinajstić information content (AvgIpc) is 2.67. The predicted molar refractivity (Wildman–Crippen MR) is 68.7 cm³/mol. The number of halogens is 1. The van der Waals surface area contributed by atoms with Gasteiger partial charge in [-0.25, -0.2) is 0 Å². The van der Waals surface area contributed by atoms with Crippen LogP contribution in [0.5, 0.6) is 0 Å². The normalized spacial score (nSPS) is 13.6. The van der Waals surface area contributed by atoms with E-state index in [4.69, 9.17) is 0 Å². The Morgan fingerprint density at radius 2 is 2.33 bits per heavy atom. The van der Waals surface area contributed by atoms with E-state index in [1.807, 2.05) is 13.0 Å². The van der Waals surface area contributed by atoms with Gasteiger partial charge in [0.2, 0.25) is 5.91 Å². The lowest BCUT2D eigenvalue weighted by molar-refractivity contribution is -0.120. The molecule has 15 heavy (non-hydrogen) atoms. The standard InChI is InChI=1S/C11H16BrNOS/c1-8(12)10(14)13-7-11(2,3)9-5-4-6-15-9/h4-6,8H,7H2,1-3H3,(H,13,14). The second-order valence-corrected chi connectivity index (χ2v) is 6.52. The Kier molecular flexibility index (Phi) is 4.34. The summed E-state index contributed by atoms with van der Waals surface area (Å²) in [6.07, 6.45) is 0. The van der Waals surface area contributed by atoms with Gasteiger partial charge in [-0.1, -0.05) is 35.8 Å². The van der Waals surface area contributed by atoms with Crippen LogP contribution in [0.25, 0.3) is 0 Å². The van der Waals surface area contributed by atoms with Crippen molar-refractivity contribution in [3.8, 4) is 0 Å². The molecule has 0 radical (unpaired) electrons. The van der Waals surface area contributed by atoms with E-state index in [-0.39, 0.29) is 16.1 Å². The molecular weight excluding hydrogens is 274 g/mol. The van der Waals surface area contributed by atoms with Crippen molar-refractivity contribution in [1.82, 2.24) is 5.32 Å². The van der Waals surface area contributed by atoms with E-state index in [1.54, 1.807) is 11.3 Å². The van der Waals surface area contributed by atoms with Crippen LogP contribution in [-0.2, 0) is 10.2 Å².